The fraction of sp³-hybridized carbons (Fsp3) is 0.375. The van der Waals surface area contributed by atoms with E-state index in [-0.39, 0.29) is 36.7 Å². The molecule has 1 saturated heterocycles. The molecule has 1 fully saturated rings. The first-order valence-electron chi connectivity index (χ1n) is 10.6. The van der Waals surface area contributed by atoms with Gasteiger partial charge in [-0.15, -0.1) is 0 Å². The van der Waals surface area contributed by atoms with Crippen molar-refractivity contribution in [1.82, 2.24) is 5.32 Å². The monoisotopic (exact) mass is 423 g/mol. The fourth-order valence-corrected chi connectivity index (χ4v) is 3.58. The van der Waals surface area contributed by atoms with Crippen LogP contribution in [0.2, 0.25) is 0 Å². The summed E-state index contributed by atoms with van der Waals surface area (Å²) in [6, 6.07) is 12.8. The molecule has 2 aromatic rings. The van der Waals surface area contributed by atoms with Gasteiger partial charge in [-0.2, -0.15) is 0 Å². The third-order valence-corrected chi connectivity index (χ3v) is 5.31. The van der Waals surface area contributed by atoms with Crippen molar-refractivity contribution >= 4 is 29.1 Å². The van der Waals surface area contributed by atoms with Crippen LogP contribution in [0.5, 0.6) is 5.75 Å². The maximum Gasteiger partial charge on any atom is 0.262 e. The lowest BCUT2D eigenvalue weighted by atomic mass is 10.1. The third-order valence-electron chi connectivity index (χ3n) is 5.31. The van der Waals surface area contributed by atoms with Crippen LogP contribution in [-0.2, 0) is 14.4 Å². The van der Waals surface area contributed by atoms with Gasteiger partial charge >= 0.3 is 0 Å². The molecule has 0 unspecified atom stereocenters. The highest BCUT2D eigenvalue weighted by molar-refractivity contribution is 6.00. The maximum atomic E-state index is 12.4. The Kier molecular flexibility index (Phi) is 7.28. The highest BCUT2D eigenvalue weighted by Crippen LogP contribution is 2.27. The second-order valence-corrected chi connectivity index (χ2v) is 7.79. The molecule has 0 aromatic heterocycles. The fourth-order valence-electron chi connectivity index (χ4n) is 3.58. The van der Waals surface area contributed by atoms with E-state index in [1.54, 1.807) is 29.2 Å². The lowest BCUT2D eigenvalue weighted by Crippen LogP contribution is -2.33. The van der Waals surface area contributed by atoms with Gasteiger partial charge in [-0.25, -0.2) is 0 Å². The predicted octanol–water partition coefficient (Wildman–Crippen LogP) is 3.20. The van der Waals surface area contributed by atoms with Gasteiger partial charge in [0.1, 0.15) is 5.75 Å². The molecule has 7 nitrogen and oxygen atoms in total. The lowest BCUT2D eigenvalue weighted by Gasteiger charge is -2.17. The molecule has 1 aliphatic heterocycles. The van der Waals surface area contributed by atoms with Crippen LogP contribution in [0.25, 0.3) is 0 Å². The molecule has 0 radical (unpaired) electrons. The van der Waals surface area contributed by atoms with E-state index in [1.807, 2.05) is 39.0 Å². The Morgan fingerprint density at radius 2 is 1.77 bits per heavy atom. The molecule has 2 N–H and O–H groups in total. The van der Waals surface area contributed by atoms with Gasteiger partial charge in [0, 0.05) is 30.9 Å². The minimum Gasteiger partial charge on any atom is -0.484 e. The second-order valence-electron chi connectivity index (χ2n) is 7.79. The number of aryl methyl sites for hydroxylation is 2. The van der Waals surface area contributed by atoms with E-state index in [2.05, 4.69) is 10.6 Å². The van der Waals surface area contributed by atoms with E-state index in [0.29, 0.717) is 24.5 Å². The topological polar surface area (TPSA) is 87.7 Å². The number of amides is 3. The highest BCUT2D eigenvalue weighted by atomic mass is 16.5. The van der Waals surface area contributed by atoms with E-state index < -0.39 is 0 Å². The van der Waals surface area contributed by atoms with E-state index in [4.69, 9.17) is 4.74 Å². The van der Waals surface area contributed by atoms with Crippen LogP contribution in [0, 0.1) is 19.8 Å². The minimum absolute atomic E-state index is 0.0710. The zero-order valence-electron chi connectivity index (χ0n) is 18.2. The van der Waals surface area contributed by atoms with E-state index in [9.17, 15) is 14.4 Å². The number of hydrogen-bond donors (Lipinski definition) is 2. The van der Waals surface area contributed by atoms with Crippen LogP contribution in [0.1, 0.15) is 30.9 Å². The number of benzene rings is 2. The molecular formula is C24H29N3O4. The molecule has 2 aromatic carbocycles. The van der Waals surface area contributed by atoms with Crippen molar-refractivity contribution in [2.45, 2.75) is 33.6 Å². The van der Waals surface area contributed by atoms with E-state index >= 15 is 0 Å². The van der Waals surface area contributed by atoms with Crippen molar-refractivity contribution in [2.75, 3.05) is 29.9 Å². The molecule has 1 heterocycles. The Labute approximate surface area is 182 Å². The summed E-state index contributed by atoms with van der Waals surface area (Å²) >= 11 is 0. The van der Waals surface area contributed by atoms with Crippen molar-refractivity contribution in [3.63, 3.8) is 0 Å². The summed E-state index contributed by atoms with van der Waals surface area (Å²) in [5.41, 5.74) is 3.50. The van der Waals surface area contributed by atoms with Gasteiger partial charge in [0.15, 0.2) is 6.61 Å². The van der Waals surface area contributed by atoms with Crippen LogP contribution in [0.15, 0.2) is 42.5 Å². The number of carbonyl (C=O) groups is 3. The summed E-state index contributed by atoms with van der Waals surface area (Å²) in [6.07, 6.45) is 1.08. The Bertz CT molecular complexity index is 936. The van der Waals surface area contributed by atoms with Crippen LogP contribution in [0.3, 0.4) is 0 Å². The Morgan fingerprint density at radius 3 is 2.42 bits per heavy atom. The number of rotatable bonds is 8. The van der Waals surface area contributed by atoms with Crippen molar-refractivity contribution in [1.29, 1.82) is 0 Å². The van der Waals surface area contributed by atoms with Crippen LogP contribution >= 0.6 is 0 Å². The maximum absolute atomic E-state index is 12.4. The average molecular weight is 424 g/mol. The van der Waals surface area contributed by atoms with Crippen molar-refractivity contribution in [3.8, 4) is 5.75 Å². The number of nitrogens with one attached hydrogen (secondary N) is 2. The summed E-state index contributed by atoms with van der Waals surface area (Å²) in [6.45, 7) is 6.75. The first-order valence-corrected chi connectivity index (χ1v) is 10.6. The Hall–Kier alpha value is -3.35. The van der Waals surface area contributed by atoms with Gasteiger partial charge in [-0.3, -0.25) is 14.4 Å². The summed E-state index contributed by atoms with van der Waals surface area (Å²) in [5, 5.41) is 5.74. The number of para-hydroxylation sites is 1. The zero-order chi connectivity index (χ0) is 22.4. The average Bonchev–Trinajstić information content (AvgIpc) is 3.15. The summed E-state index contributed by atoms with van der Waals surface area (Å²) < 4.78 is 5.59. The molecule has 7 heteroatoms. The van der Waals surface area contributed by atoms with Crippen LogP contribution < -0.4 is 20.3 Å². The first-order chi connectivity index (χ1) is 14.9. The van der Waals surface area contributed by atoms with Gasteiger partial charge < -0.3 is 20.3 Å². The standard InChI is InChI=1S/C24H29N3O4/c1-4-12-25-24(30)18-13-22(29)27(14-18)19-8-10-20(11-9-19)31-15-21(28)26-23-16(2)6-5-7-17(23)3/h5-11,18H,4,12-15H2,1-3H3,(H,25,30)(H,26,28)/t18-/m1/s1. The summed E-state index contributed by atoms with van der Waals surface area (Å²) in [4.78, 5) is 38.4. The molecule has 3 rings (SSSR count). The Morgan fingerprint density at radius 1 is 1.10 bits per heavy atom. The first kappa shape index (κ1) is 22.3. The van der Waals surface area contributed by atoms with E-state index in [0.717, 1.165) is 23.2 Å². The molecule has 31 heavy (non-hydrogen) atoms. The SMILES string of the molecule is CCCNC(=O)[C@@H]1CC(=O)N(c2ccc(OCC(=O)Nc3c(C)cccc3C)cc2)C1. The number of hydrogen-bond acceptors (Lipinski definition) is 4. The molecule has 3 amide bonds. The van der Waals surface area contributed by atoms with Gasteiger partial charge in [-0.05, 0) is 55.7 Å². The van der Waals surface area contributed by atoms with Gasteiger partial charge in [0.05, 0.1) is 5.92 Å². The number of ether oxygens (including phenoxy) is 1. The highest BCUT2D eigenvalue weighted by Gasteiger charge is 2.34. The predicted molar refractivity (Wildman–Crippen MR) is 120 cm³/mol. The normalized spacial score (nSPS) is 15.6. The second kappa shape index (κ2) is 10.1. The lowest BCUT2D eigenvalue weighted by molar-refractivity contribution is -0.126. The van der Waals surface area contributed by atoms with Crippen LogP contribution in [0.4, 0.5) is 11.4 Å². The molecule has 0 bridgehead atoms. The largest absolute Gasteiger partial charge is 0.484 e. The molecule has 1 atom stereocenters. The molecule has 164 valence electrons. The van der Waals surface area contributed by atoms with Crippen molar-refractivity contribution in [2.24, 2.45) is 5.92 Å². The molecular weight excluding hydrogens is 394 g/mol. The van der Waals surface area contributed by atoms with Crippen molar-refractivity contribution < 1.29 is 19.1 Å². The van der Waals surface area contributed by atoms with Gasteiger partial charge in [0.25, 0.3) is 5.91 Å². The van der Waals surface area contributed by atoms with Crippen LogP contribution in [-0.4, -0.2) is 37.4 Å². The molecule has 0 spiro atoms. The molecule has 0 saturated carbocycles. The Balaban J connectivity index is 1.54. The molecule has 0 aliphatic carbocycles. The minimum atomic E-state index is -0.330. The quantitative estimate of drug-likeness (QED) is 0.683. The van der Waals surface area contributed by atoms with E-state index in [1.165, 1.54) is 0 Å². The number of anilines is 2. The van der Waals surface area contributed by atoms with Gasteiger partial charge in [-0.1, -0.05) is 25.1 Å². The van der Waals surface area contributed by atoms with Gasteiger partial charge in [0.2, 0.25) is 11.8 Å². The van der Waals surface area contributed by atoms with Crippen molar-refractivity contribution in [3.05, 3.63) is 53.6 Å². The third kappa shape index (κ3) is 5.63. The summed E-state index contributed by atoms with van der Waals surface area (Å²) in [5.74, 6) is -0.184. The smallest absolute Gasteiger partial charge is 0.262 e. The zero-order valence-corrected chi connectivity index (χ0v) is 18.2. The number of carbonyl (C=O) groups excluding carboxylic acids is 3. The summed E-state index contributed by atoms with van der Waals surface area (Å²) in [7, 11) is 0. The molecule has 1 aliphatic rings. The number of nitrogens with zero attached hydrogens (tertiary/aromatic N) is 1.